The average Bonchev–Trinajstić information content (AvgIpc) is 3.28. The van der Waals surface area contributed by atoms with Gasteiger partial charge in [-0.1, -0.05) is 108 Å². The Labute approximate surface area is 184 Å². The monoisotopic (exact) mass is 421 g/mol. The number of fused-ring (bicyclic) bond motifs is 1. The molecule has 0 unspecified atom stereocenters. The van der Waals surface area contributed by atoms with E-state index in [0.29, 0.717) is 10.7 Å². The zero-order valence-corrected chi connectivity index (χ0v) is 17.4. The number of anilines is 1. The smallest absolute Gasteiger partial charge is 0.258 e. The van der Waals surface area contributed by atoms with E-state index in [1.54, 1.807) is 0 Å². The second-order valence-corrected chi connectivity index (χ2v) is 8.19. The third-order valence-corrected chi connectivity index (χ3v) is 6.11. The molecule has 0 atom stereocenters. The average molecular weight is 422 g/mol. The van der Waals surface area contributed by atoms with E-state index in [-0.39, 0.29) is 11.8 Å². The lowest BCUT2D eigenvalue weighted by molar-refractivity contribution is 0.102. The number of aromatic nitrogens is 2. The molecule has 0 saturated heterocycles. The third-order valence-electron chi connectivity index (χ3n) is 5.21. The summed E-state index contributed by atoms with van der Waals surface area (Å²) in [5, 5.41) is 14.9. The molecule has 5 aromatic rings. The number of nitrogens with zero attached hydrogens (tertiary/aromatic N) is 2. The summed E-state index contributed by atoms with van der Waals surface area (Å²) in [6.07, 6.45) is 0. The molecule has 5 rings (SSSR count). The van der Waals surface area contributed by atoms with E-state index in [2.05, 4.69) is 39.8 Å². The van der Waals surface area contributed by atoms with E-state index in [1.165, 1.54) is 11.3 Å². The van der Waals surface area contributed by atoms with Crippen LogP contribution in [-0.4, -0.2) is 16.1 Å². The predicted octanol–water partition coefficient (Wildman–Crippen LogP) is 6.12. The van der Waals surface area contributed by atoms with Crippen molar-refractivity contribution in [2.24, 2.45) is 0 Å². The van der Waals surface area contributed by atoms with Gasteiger partial charge in [-0.3, -0.25) is 10.1 Å². The van der Waals surface area contributed by atoms with Gasteiger partial charge in [-0.25, -0.2) is 0 Å². The van der Waals surface area contributed by atoms with Crippen molar-refractivity contribution in [3.8, 4) is 0 Å². The van der Waals surface area contributed by atoms with Crippen LogP contribution in [0.5, 0.6) is 0 Å². The summed E-state index contributed by atoms with van der Waals surface area (Å²) in [6.45, 7) is 0. The van der Waals surface area contributed by atoms with Gasteiger partial charge in [-0.2, -0.15) is 0 Å². The van der Waals surface area contributed by atoms with Crippen molar-refractivity contribution in [2.45, 2.75) is 5.92 Å². The maximum Gasteiger partial charge on any atom is 0.258 e. The normalized spacial score (nSPS) is 11.0. The second kappa shape index (κ2) is 8.50. The van der Waals surface area contributed by atoms with Crippen LogP contribution >= 0.6 is 11.3 Å². The van der Waals surface area contributed by atoms with Crippen molar-refractivity contribution in [1.82, 2.24) is 10.2 Å². The topological polar surface area (TPSA) is 54.9 Å². The van der Waals surface area contributed by atoms with Crippen LogP contribution in [0.1, 0.15) is 32.4 Å². The van der Waals surface area contributed by atoms with Gasteiger partial charge in [0.05, 0.1) is 5.92 Å². The molecule has 0 aliphatic heterocycles. The summed E-state index contributed by atoms with van der Waals surface area (Å²) in [4.78, 5) is 13.0. The largest absolute Gasteiger partial charge is 0.296 e. The van der Waals surface area contributed by atoms with Crippen LogP contribution in [0.4, 0.5) is 5.13 Å². The van der Waals surface area contributed by atoms with Gasteiger partial charge < -0.3 is 0 Å². The predicted molar refractivity (Wildman–Crippen MR) is 126 cm³/mol. The Morgan fingerprint density at radius 1 is 0.710 bits per heavy atom. The first-order chi connectivity index (χ1) is 15.3. The molecular formula is C26H19N3OS. The molecule has 0 radical (unpaired) electrons. The van der Waals surface area contributed by atoms with Crippen molar-refractivity contribution >= 4 is 33.1 Å². The Morgan fingerprint density at radius 3 is 2.03 bits per heavy atom. The van der Waals surface area contributed by atoms with Crippen LogP contribution in [0.25, 0.3) is 10.8 Å². The fraction of sp³-hybridized carbons (Fsp3) is 0.0385. The van der Waals surface area contributed by atoms with Crippen molar-refractivity contribution in [3.63, 3.8) is 0 Å². The quantitative estimate of drug-likeness (QED) is 0.372. The minimum atomic E-state index is -0.185. The molecule has 0 spiro atoms. The number of carbonyl (C=O) groups is 1. The van der Waals surface area contributed by atoms with E-state index in [1.807, 2.05) is 78.9 Å². The molecule has 1 aromatic heterocycles. The van der Waals surface area contributed by atoms with Crippen LogP contribution in [0, 0.1) is 0 Å². The van der Waals surface area contributed by atoms with Gasteiger partial charge in [0, 0.05) is 5.56 Å². The molecule has 1 amide bonds. The lowest BCUT2D eigenvalue weighted by Crippen LogP contribution is -2.12. The molecule has 0 fully saturated rings. The Hall–Kier alpha value is -3.83. The van der Waals surface area contributed by atoms with E-state index in [4.69, 9.17) is 0 Å². The molecular weight excluding hydrogens is 402 g/mol. The highest BCUT2D eigenvalue weighted by Gasteiger charge is 2.22. The van der Waals surface area contributed by atoms with Crippen LogP contribution < -0.4 is 5.32 Å². The van der Waals surface area contributed by atoms with Crippen molar-refractivity contribution < 1.29 is 4.79 Å². The molecule has 0 aliphatic rings. The summed E-state index contributed by atoms with van der Waals surface area (Å²) < 4.78 is 0. The third kappa shape index (κ3) is 3.96. The first-order valence-electron chi connectivity index (χ1n) is 10.0. The number of rotatable bonds is 5. The molecule has 31 heavy (non-hydrogen) atoms. The van der Waals surface area contributed by atoms with Gasteiger partial charge in [0.2, 0.25) is 5.13 Å². The lowest BCUT2D eigenvalue weighted by atomic mass is 9.92. The zero-order valence-electron chi connectivity index (χ0n) is 16.6. The number of hydrogen-bond acceptors (Lipinski definition) is 4. The highest BCUT2D eigenvalue weighted by atomic mass is 32.1. The van der Waals surface area contributed by atoms with Crippen molar-refractivity contribution in [1.29, 1.82) is 0 Å². The molecule has 5 heteroatoms. The standard InChI is InChI=1S/C26H19N3OS/c30-24(22-17-9-15-18-10-7-8-16-21(18)22)27-26-29-28-25(31-26)23(19-11-3-1-4-12-19)20-13-5-2-6-14-20/h1-17,23H,(H,27,29,30). The zero-order chi connectivity index (χ0) is 21.0. The van der Waals surface area contributed by atoms with E-state index >= 15 is 0 Å². The number of hydrogen-bond donors (Lipinski definition) is 1. The molecule has 4 nitrogen and oxygen atoms in total. The highest BCUT2D eigenvalue weighted by molar-refractivity contribution is 7.15. The van der Waals surface area contributed by atoms with Gasteiger partial charge in [0.15, 0.2) is 0 Å². The summed E-state index contributed by atoms with van der Waals surface area (Å²) in [7, 11) is 0. The van der Waals surface area contributed by atoms with Crippen molar-refractivity contribution in [3.05, 3.63) is 125 Å². The number of amides is 1. The fourth-order valence-corrected chi connectivity index (χ4v) is 4.65. The van der Waals surface area contributed by atoms with Gasteiger partial charge in [-0.05, 0) is 28.0 Å². The highest BCUT2D eigenvalue weighted by Crippen LogP contribution is 2.35. The minimum absolute atomic E-state index is 0.0388. The summed E-state index contributed by atoms with van der Waals surface area (Å²) in [5.41, 5.74) is 2.89. The number of benzene rings is 4. The van der Waals surface area contributed by atoms with Crippen LogP contribution in [0.3, 0.4) is 0 Å². The Morgan fingerprint density at radius 2 is 1.32 bits per heavy atom. The molecule has 0 aliphatic carbocycles. The Balaban J connectivity index is 1.46. The Kier molecular flexibility index (Phi) is 5.25. The van der Waals surface area contributed by atoms with Gasteiger partial charge in [0.25, 0.3) is 5.91 Å². The summed E-state index contributed by atoms with van der Waals surface area (Å²) >= 11 is 1.40. The number of nitrogens with one attached hydrogen (secondary N) is 1. The molecule has 0 saturated carbocycles. The van der Waals surface area contributed by atoms with Gasteiger partial charge in [-0.15, -0.1) is 10.2 Å². The van der Waals surface area contributed by atoms with Gasteiger partial charge >= 0.3 is 0 Å². The van der Waals surface area contributed by atoms with Crippen LogP contribution in [0.2, 0.25) is 0 Å². The van der Waals surface area contributed by atoms with E-state index < -0.39 is 0 Å². The lowest BCUT2D eigenvalue weighted by Gasteiger charge is -2.14. The minimum Gasteiger partial charge on any atom is -0.296 e. The maximum atomic E-state index is 13.0. The summed E-state index contributed by atoms with van der Waals surface area (Å²) in [5.74, 6) is -0.224. The summed E-state index contributed by atoms with van der Waals surface area (Å²) in [6, 6.07) is 34.0. The van der Waals surface area contributed by atoms with Crippen LogP contribution in [-0.2, 0) is 0 Å². The Bertz CT molecular complexity index is 1290. The first-order valence-corrected chi connectivity index (χ1v) is 10.8. The maximum absolute atomic E-state index is 13.0. The molecule has 0 bridgehead atoms. The fourth-order valence-electron chi connectivity index (χ4n) is 3.76. The second-order valence-electron chi connectivity index (χ2n) is 7.18. The SMILES string of the molecule is O=C(Nc1nnc(C(c2ccccc2)c2ccccc2)s1)c1cccc2ccccc12. The molecule has 1 N–H and O–H groups in total. The molecule has 150 valence electrons. The van der Waals surface area contributed by atoms with Crippen LogP contribution in [0.15, 0.2) is 103 Å². The molecule has 1 heterocycles. The van der Waals surface area contributed by atoms with E-state index in [9.17, 15) is 4.79 Å². The van der Waals surface area contributed by atoms with Crippen molar-refractivity contribution in [2.75, 3.05) is 5.32 Å². The van der Waals surface area contributed by atoms with Gasteiger partial charge in [0.1, 0.15) is 5.01 Å². The number of carbonyl (C=O) groups excluding carboxylic acids is 1. The van der Waals surface area contributed by atoms with E-state index in [0.717, 1.165) is 26.9 Å². The first kappa shape index (κ1) is 19.2. The molecule has 4 aromatic carbocycles.